The Morgan fingerprint density at radius 1 is 0.962 bits per heavy atom. The molecule has 0 spiro atoms. The van der Waals surface area contributed by atoms with Crippen molar-refractivity contribution < 1.29 is 41.3 Å². The monoisotopic (exact) mass is 758 g/mol. The zero-order valence-corrected chi connectivity index (χ0v) is 31.0. The zero-order valence-electron chi connectivity index (χ0n) is 29.3. The quantitative estimate of drug-likeness (QED) is 0.0947. The number of carboxylic acid groups (broad SMARTS) is 1. The Balaban J connectivity index is 1.43. The molecule has 274 valence electrons. The first kappa shape index (κ1) is 36.2. The molecule has 53 heavy (non-hydrogen) atoms. The van der Waals surface area contributed by atoms with Crippen molar-refractivity contribution >= 4 is 56.8 Å². The van der Waals surface area contributed by atoms with Crippen LogP contribution in [0.4, 0.5) is 15.3 Å². The Bertz CT molecular complexity index is 2470. The molecule has 3 aliphatic rings. The van der Waals surface area contributed by atoms with E-state index in [2.05, 4.69) is 41.0 Å². The van der Waals surface area contributed by atoms with E-state index in [0.29, 0.717) is 17.4 Å². The lowest BCUT2D eigenvalue weighted by Crippen LogP contribution is -2.37. The molecule has 0 fully saturated rings. The van der Waals surface area contributed by atoms with Gasteiger partial charge in [0.2, 0.25) is 5.36 Å². The van der Waals surface area contributed by atoms with Crippen LogP contribution in [0.15, 0.2) is 65.6 Å². The van der Waals surface area contributed by atoms with E-state index in [1.807, 2.05) is 18.4 Å². The SMILES string of the molecule is CSCCOC(=O)c1cc(NC(=O)c2cc(S(=O)(=O)F)ccc2C(=O)O)ccc1C1=c2ccc3c(c2Oc2c1ccc1c2CCCN1C)CCC[N+]=3C. The summed E-state index contributed by atoms with van der Waals surface area (Å²) >= 11 is 1.51. The molecule has 0 radical (unpaired) electrons. The van der Waals surface area contributed by atoms with Gasteiger partial charge in [-0.3, -0.25) is 4.79 Å². The lowest BCUT2D eigenvalue weighted by Gasteiger charge is -2.32. The number of hydrogen-bond donors (Lipinski definition) is 2. The van der Waals surface area contributed by atoms with Gasteiger partial charge in [0.25, 0.3) is 5.91 Å². The van der Waals surface area contributed by atoms with E-state index in [9.17, 15) is 31.8 Å². The van der Waals surface area contributed by atoms with Crippen LogP contribution in [-0.2, 0) is 27.8 Å². The van der Waals surface area contributed by atoms with Crippen molar-refractivity contribution in [3.8, 4) is 11.5 Å². The van der Waals surface area contributed by atoms with Crippen molar-refractivity contribution in [2.75, 3.05) is 56.0 Å². The summed E-state index contributed by atoms with van der Waals surface area (Å²) in [6, 6.07) is 15.2. The lowest BCUT2D eigenvalue weighted by atomic mass is 9.85. The first-order valence-electron chi connectivity index (χ1n) is 17.1. The second-order valence-electron chi connectivity index (χ2n) is 13.2. The fourth-order valence-corrected chi connectivity index (χ4v) is 8.12. The van der Waals surface area contributed by atoms with Gasteiger partial charge in [-0.25, -0.2) is 14.2 Å². The highest BCUT2D eigenvalue weighted by atomic mass is 32.3. The van der Waals surface area contributed by atoms with Crippen molar-refractivity contribution in [2.45, 2.75) is 30.6 Å². The number of carbonyl (C=O) groups excluding carboxylic acids is 2. The molecule has 1 amide bonds. The van der Waals surface area contributed by atoms with Gasteiger partial charge in [-0.15, -0.1) is 3.89 Å². The molecule has 14 heteroatoms. The number of aromatic carboxylic acids is 1. The predicted octanol–water partition coefficient (Wildman–Crippen LogP) is 4.62. The summed E-state index contributed by atoms with van der Waals surface area (Å²) in [4.78, 5) is 40.8. The van der Waals surface area contributed by atoms with E-state index in [1.54, 1.807) is 12.1 Å². The van der Waals surface area contributed by atoms with Gasteiger partial charge in [0.15, 0.2) is 0 Å². The molecule has 7 rings (SSSR count). The summed E-state index contributed by atoms with van der Waals surface area (Å²) < 4.78 is 52.0. The molecule has 0 saturated heterocycles. The van der Waals surface area contributed by atoms with Gasteiger partial charge >= 0.3 is 22.2 Å². The summed E-state index contributed by atoms with van der Waals surface area (Å²) in [6.07, 6.45) is 5.43. The lowest BCUT2D eigenvalue weighted by molar-refractivity contribution is 0.0529. The Kier molecular flexibility index (Phi) is 9.77. The Morgan fingerprint density at radius 3 is 2.49 bits per heavy atom. The fourth-order valence-electron chi connectivity index (χ4n) is 7.38. The van der Waals surface area contributed by atoms with Gasteiger partial charge in [-0.05, 0) is 79.6 Å². The summed E-state index contributed by atoms with van der Waals surface area (Å²) in [6.45, 7) is 1.97. The molecular weight excluding hydrogens is 722 g/mol. The normalized spacial score (nSPS) is 14.7. The van der Waals surface area contributed by atoms with E-state index in [-0.39, 0.29) is 17.9 Å². The van der Waals surface area contributed by atoms with E-state index in [4.69, 9.17) is 9.47 Å². The van der Waals surface area contributed by atoms with Gasteiger partial charge in [0.1, 0.15) is 31.7 Å². The number of halogens is 1. The molecular formula is C39H37FN3O8S2+. The third-order valence-electron chi connectivity index (χ3n) is 9.91. The number of rotatable bonds is 9. The molecule has 4 aromatic carbocycles. The summed E-state index contributed by atoms with van der Waals surface area (Å²) in [5.74, 6) is -1.13. The van der Waals surface area contributed by atoms with Crippen LogP contribution >= 0.6 is 11.8 Å². The molecule has 11 nitrogen and oxygen atoms in total. The van der Waals surface area contributed by atoms with E-state index in [1.165, 1.54) is 17.8 Å². The maximum absolute atomic E-state index is 14.0. The largest absolute Gasteiger partial charge is 0.478 e. The highest BCUT2D eigenvalue weighted by Crippen LogP contribution is 2.45. The summed E-state index contributed by atoms with van der Waals surface area (Å²) in [7, 11) is -1.12. The third kappa shape index (κ3) is 6.77. The molecule has 2 N–H and O–H groups in total. The summed E-state index contributed by atoms with van der Waals surface area (Å²) in [5, 5.41) is 14.2. The number of anilines is 2. The molecule has 3 heterocycles. The van der Waals surface area contributed by atoms with Crippen molar-refractivity contribution in [1.29, 1.82) is 0 Å². The van der Waals surface area contributed by atoms with Crippen LogP contribution < -0.4 is 30.1 Å². The number of carbonyl (C=O) groups is 3. The minimum atomic E-state index is -5.24. The number of thioether (sulfide) groups is 1. The smallest absolute Gasteiger partial charge is 0.338 e. The van der Waals surface area contributed by atoms with Crippen LogP contribution in [0.1, 0.15) is 66.2 Å². The van der Waals surface area contributed by atoms with Gasteiger partial charge in [-0.2, -0.15) is 20.2 Å². The number of benzene rings is 4. The topological polar surface area (TPSA) is 142 Å². The van der Waals surface area contributed by atoms with Crippen molar-refractivity contribution in [3.63, 3.8) is 0 Å². The minimum Gasteiger partial charge on any atom is -0.478 e. The Morgan fingerprint density at radius 2 is 1.74 bits per heavy atom. The molecule has 0 unspecified atom stereocenters. The van der Waals surface area contributed by atoms with Crippen LogP contribution in [0.2, 0.25) is 0 Å². The number of hydrogen-bond acceptors (Lipinski definition) is 9. The second kappa shape index (κ2) is 14.3. The first-order chi connectivity index (χ1) is 25.4. The molecule has 0 aliphatic carbocycles. The minimum absolute atomic E-state index is 0.104. The highest BCUT2D eigenvalue weighted by molar-refractivity contribution is 7.98. The molecule has 0 atom stereocenters. The number of ether oxygens (including phenoxy) is 2. The number of amides is 1. The van der Waals surface area contributed by atoms with Gasteiger partial charge in [0, 0.05) is 65.1 Å². The Labute approximate surface area is 310 Å². The van der Waals surface area contributed by atoms with Crippen molar-refractivity contribution in [1.82, 2.24) is 4.58 Å². The molecule has 0 bridgehead atoms. The first-order valence-corrected chi connectivity index (χ1v) is 19.9. The van der Waals surface area contributed by atoms with Gasteiger partial charge in [0.05, 0.1) is 27.1 Å². The van der Waals surface area contributed by atoms with Crippen LogP contribution in [0.3, 0.4) is 0 Å². The molecule has 0 saturated carbocycles. The maximum Gasteiger partial charge on any atom is 0.338 e. The average molecular weight is 759 g/mol. The number of nitrogens with zero attached hydrogens (tertiary/aromatic N) is 2. The number of nitrogens with one attached hydrogen (secondary N) is 1. The van der Waals surface area contributed by atoms with E-state index >= 15 is 0 Å². The van der Waals surface area contributed by atoms with Crippen LogP contribution in [0.5, 0.6) is 11.5 Å². The van der Waals surface area contributed by atoms with Gasteiger partial charge < -0.3 is 24.8 Å². The highest BCUT2D eigenvalue weighted by Gasteiger charge is 2.32. The fraction of sp³-hybridized carbons (Fsp3) is 0.282. The number of esters is 1. The maximum atomic E-state index is 14.0. The number of fused-ring (bicyclic) bond motifs is 6. The van der Waals surface area contributed by atoms with Crippen LogP contribution in [0, 0.1) is 0 Å². The molecule has 0 aromatic heterocycles. The summed E-state index contributed by atoms with van der Waals surface area (Å²) in [5.41, 5.74) is 4.49. The van der Waals surface area contributed by atoms with E-state index < -0.39 is 44.1 Å². The Hall–Kier alpha value is -5.21. The number of carboxylic acids is 1. The second-order valence-corrected chi connectivity index (χ2v) is 15.5. The van der Waals surface area contributed by atoms with Crippen molar-refractivity contribution in [3.05, 3.63) is 110 Å². The van der Waals surface area contributed by atoms with Gasteiger partial charge in [-0.1, -0.05) is 6.07 Å². The molecule has 4 aromatic rings. The predicted molar refractivity (Wildman–Crippen MR) is 201 cm³/mol. The zero-order chi connectivity index (χ0) is 37.6. The van der Waals surface area contributed by atoms with Crippen LogP contribution in [-0.4, -0.2) is 77.2 Å². The third-order valence-corrected chi connectivity index (χ3v) is 11.3. The van der Waals surface area contributed by atoms with E-state index in [0.717, 1.165) is 101 Å². The standard InChI is InChI=1S/C39H36FN3O8S2/c1-42-16-4-6-26-32(42)14-12-28-34(29-13-15-33-27(7-5-17-43(33)2)36(29)51-35(26)28)24-10-8-22(20-31(24)39(47)50-18-19-52-3)41-37(44)30-21-23(53(40,48)49)9-11-25(30)38(45)46/h8-15,20-21H,4-7,16-19H2,1-3H3,(H,45,46)/p+1. The average Bonchev–Trinajstić information content (AvgIpc) is 3.13. The molecule has 3 aliphatic heterocycles. The van der Waals surface area contributed by atoms with Crippen LogP contribution in [0.25, 0.3) is 5.57 Å². The van der Waals surface area contributed by atoms with Crippen molar-refractivity contribution in [2.24, 2.45) is 0 Å².